The second-order valence-corrected chi connectivity index (χ2v) is 8.02. The Kier molecular flexibility index (Phi) is 5.57. The molecule has 3 aromatic rings. The zero-order valence-electron chi connectivity index (χ0n) is 16.8. The summed E-state index contributed by atoms with van der Waals surface area (Å²) in [4.78, 5) is 16.8. The van der Waals surface area contributed by atoms with Gasteiger partial charge in [-0.05, 0) is 48.0 Å². The minimum absolute atomic E-state index is 0.141. The van der Waals surface area contributed by atoms with E-state index in [9.17, 15) is 18.0 Å². The fraction of sp³-hybridized carbons (Fsp3) is 0.217. The van der Waals surface area contributed by atoms with Crippen LogP contribution in [0.2, 0.25) is 0 Å². The summed E-state index contributed by atoms with van der Waals surface area (Å²) in [6, 6.07) is 11.7. The number of nitrogens with two attached hydrogens (primary N) is 1. The Labute approximate surface area is 172 Å². The number of aromatic nitrogens is 1. The largest absolute Gasteiger partial charge is 0.416 e. The van der Waals surface area contributed by atoms with Gasteiger partial charge < -0.3 is 11.1 Å². The van der Waals surface area contributed by atoms with E-state index in [1.54, 1.807) is 18.2 Å². The number of pyridine rings is 1. The van der Waals surface area contributed by atoms with Gasteiger partial charge in [0.1, 0.15) is 0 Å². The first-order valence-electron chi connectivity index (χ1n) is 9.30. The van der Waals surface area contributed by atoms with E-state index in [2.05, 4.69) is 31.1 Å². The van der Waals surface area contributed by atoms with Crippen molar-refractivity contribution in [2.24, 2.45) is 0 Å². The molecular formula is C23H22F3N3O. The van der Waals surface area contributed by atoms with Gasteiger partial charge >= 0.3 is 6.18 Å². The van der Waals surface area contributed by atoms with Crippen molar-refractivity contribution in [3.05, 3.63) is 71.4 Å². The lowest BCUT2D eigenvalue weighted by Crippen LogP contribution is -2.14. The molecular weight excluding hydrogens is 391 g/mol. The molecule has 0 unspecified atom stereocenters. The van der Waals surface area contributed by atoms with Crippen LogP contribution in [-0.4, -0.2) is 10.9 Å². The van der Waals surface area contributed by atoms with Crippen LogP contribution in [0.25, 0.3) is 17.0 Å². The summed E-state index contributed by atoms with van der Waals surface area (Å²) in [5.41, 5.74) is 8.52. The number of hydrogen-bond donors (Lipinski definition) is 2. The first-order valence-corrected chi connectivity index (χ1v) is 9.30. The first-order chi connectivity index (χ1) is 13.9. The Hall–Kier alpha value is -3.35. The van der Waals surface area contributed by atoms with Gasteiger partial charge in [-0.1, -0.05) is 32.9 Å². The zero-order chi connectivity index (χ0) is 22.1. The summed E-state index contributed by atoms with van der Waals surface area (Å²) in [5.74, 6) is -0.410. The Bertz CT molecular complexity index is 1110. The summed E-state index contributed by atoms with van der Waals surface area (Å²) in [6.45, 7) is 6.16. The van der Waals surface area contributed by atoms with Gasteiger partial charge in [-0.2, -0.15) is 13.2 Å². The van der Waals surface area contributed by atoms with E-state index in [0.29, 0.717) is 16.9 Å². The van der Waals surface area contributed by atoms with Gasteiger partial charge in [-0.3, -0.25) is 9.78 Å². The lowest BCUT2D eigenvalue weighted by Gasteiger charge is -2.19. The average molecular weight is 413 g/mol. The third kappa shape index (κ3) is 4.97. The zero-order valence-corrected chi connectivity index (χ0v) is 16.8. The number of nitrogens with zero attached hydrogens (tertiary/aromatic N) is 1. The minimum Gasteiger partial charge on any atom is -0.398 e. The maximum atomic E-state index is 12.6. The molecule has 0 bridgehead atoms. The van der Waals surface area contributed by atoms with E-state index in [1.165, 1.54) is 24.3 Å². The molecule has 1 amide bonds. The van der Waals surface area contributed by atoms with Crippen molar-refractivity contribution in [1.29, 1.82) is 0 Å². The van der Waals surface area contributed by atoms with Gasteiger partial charge in [0.05, 0.1) is 11.1 Å². The van der Waals surface area contributed by atoms with Crippen LogP contribution in [0.1, 0.15) is 37.6 Å². The molecule has 0 atom stereocenters. The SMILES string of the molecule is CC(C)(C)c1cc(N)c2cc(NC(=O)/C=C/c3ccc(C(F)(F)F)cc3)ccc2n1. The molecule has 3 N–H and O–H groups in total. The summed E-state index contributed by atoms with van der Waals surface area (Å²) in [6.07, 6.45) is -1.68. The number of rotatable bonds is 3. The predicted molar refractivity (Wildman–Crippen MR) is 114 cm³/mol. The van der Waals surface area contributed by atoms with Gasteiger partial charge in [0.15, 0.2) is 0 Å². The number of benzene rings is 2. The van der Waals surface area contributed by atoms with Crippen LogP contribution in [0.5, 0.6) is 0 Å². The first kappa shape index (κ1) is 21.4. The number of hydrogen-bond acceptors (Lipinski definition) is 3. The van der Waals surface area contributed by atoms with Crippen molar-refractivity contribution >= 4 is 34.3 Å². The van der Waals surface area contributed by atoms with Gasteiger partial charge in [0.2, 0.25) is 5.91 Å². The Morgan fingerprint density at radius 1 is 1.03 bits per heavy atom. The molecule has 0 saturated carbocycles. The second kappa shape index (κ2) is 7.82. The summed E-state index contributed by atoms with van der Waals surface area (Å²) in [7, 11) is 0. The number of alkyl halides is 3. The number of fused-ring (bicyclic) bond motifs is 1. The molecule has 0 radical (unpaired) electrons. The molecule has 0 saturated heterocycles. The van der Waals surface area contributed by atoms with Crippen molar-refractivity contribution in [3.8, 4) is 0 Å². The predicted octanol–water partition coefficient (Wildman–Crippen LogP) is 5.79. The Morgan fingerprint density at radius 3 is 2.30 bits per heavy atom. The lowest BCUT2D eigenvalue weighted by molar-refractivity contribution is -0.137. The van der Waals surface area contributed by atoms with E-state index in [4.69, 9.17) is 5.73 Å². The van der Waals surface area contributed by atoms with Gasteiger partial charge in [-0.25, -0.2) is 0 Å². The van der Waals surface area contributed by atoms with Crippen LogP contribution in [-0.2, 0) is 16.4 Å². The van der Waals surface area contributed by atoms with Gasteiger partial charge in [0, 0.05) is 33.9 Å². The molecule has 30 heavy (non-hydrogen) atoms. The highest BCUT2D eigenvalue weighted by Crippen LogP contribution is 2.30. The quantitative estimate of drug-likeness (QED) is 0.535. The normalized spacial score (nSPS) is 12.5. The molecule has 156 valence electrons. The highest BCUT2D eigenvalue weighted by molar-refractivity contribution is 6.03. The average Bonchev–Trinajstić information content (AvgIpc) is 2.65. The molecule has 1 heterocycles. The number of halogens is 3. The summed E-state index contributed by atoms with van der Waals surface area (Å²) < 4.78 is 37.8. The molecule has 0 aliphatic heterocycles. The molecule has 2 aromatic carbocycles. The van der Waals surface area contributed by atoms with Crippen LogP contribution < -0.4 is 11.1 Å². The molecule has 0 aliphatic rings. The van der Waals surface area contributed by atoms with E-state index >= 15 is 0 Å². The highest BCUT2D eigenvalue weighted by atomic mass is 19.4. The number of carbonyl (C=O) groups is 1. The topological polar surface area (TPSA) is 68.0 Å². The van der Waals surface area contributed by atoms with E-state index in [-0.39, 0.29) is 5.41 Å². The van der Waals surface area contributed by atoms with Crippen LogP contribution >= 0.6 is 0 Å². The second-order valence-electron chi connectivity index (χ2n) is 8.02. The van der Waals surface area contributed by atoms with Crippen molar-refractivity contribution < 1.29 is 18.0 Å². The molecule has 7 heteroatoms. The van der Waals surface area contributed by atoms with Crippen molar-refractivity contribution in [2.75, 3.05) is 11.1 Å². The van der Waals surface area contributed by atoms with E-state index < -0.39 is 17.6 Å². The number of amides is 1. The number of nitrogens with one attached hydrogen (secondary N) is 1. The van der Waals surface area contributed by atoms with E-state index in [0.717, 1.165) is 28.7 Å². The fourth-order valence-corrected chi connectivity index (χ4v) is 2.85. The highest BCUT2D eigenvalue weighted by Gasteiger charge is 2.29. The van der Waals surface area contributed by atoms with E-state index in [1.807, 2.05) is 6.07 Å². The maximum Gasteiger partial charge on any atom is 0.416 e. The van der Waals surface area contributed by atoms with Crippen LogP contribution in [0, 0.1) is 0 Å². The standard InChI is InChI=1S/C23H22F3N3O/c1-22(2,3)20-13-18(27)17-12-16(9-10-19(17)29-20)28-21(30)11-6-14-4-7-15(8-5-14)23(24,25)26/h4-13H,1-3H3,(H2,27,29)(H,28,30)/b11-6+. The maximum absolute atomic E-state index is 12.6. The Morgan fingerprint density at radius 2 is 1.70 bits per heavy atom. The molecule has 3 rings (SSSR count). The third-order valence-electron chi connectivity index (χ3n) is 4.54. The molecule has 1 aromatic heterocycles. The third-order valence-corrected chi connectivity index (χ3v) is 4.54. The van der Waals surface area contributed by atoms with Crippen molar-refractivity contribution in [1.82, 2.24) is 4.98 Å². The number of anilines is 2. The van der Waals surface area contributed by atoms with Gasteiger partial charge in [0.25, 0.3) is 0 Å². The van der Waals surface area contributed by atoms with Crippen molar-refractivity contribution in [3.63, 3.8) is 0 Å². The van der Waals surface area contributed by atoms with Gasteiger partial charge in [-0.15, -0.1) is 0 Å². The molecule has 0 fully saturated rings. The minimum atomic E-state index is -4.39. The number of nitrogen functional groups attached to an aromatic ring is 1. The fourth-order valence-electron chi connectivity index (χ4n) is 2.85. The summed E-state index contributed by atoms with van der Waals surface area (Å²) in [5, 5.41) is 3.45. The van der Waals surface area contributed by atoms with Crippen LogP contribution in [0.15, 0.2) is 54.6 Å². The molecule has 0 aliphatic carbocycles. The summed E-state index contributed by atoms with van der Waals surface area (Å²) >= 11 is 0. The Balaban J connectivity index is 1.75. The smallest absolute Gasteiger partial charge is 0.398 e. The molecule has 0 spiro atoms. The lowest BCUT2D eigenvalue weighted by atomic mass is 9.91. The van der Waals surface area contributed by atoms with Crippen LogP contribution in [0.4, 0.5) is 24.5 Å². The monoisotopic (exact) mass is 413 g/mol. The van der Waals surface area contributed by atoms with Crippen molar-refractivity contribution in [2.45, 2.75) is 32.4 Å². The number of carbonyl (C=O) groups excluding carboxylic acids is 1. The molecule has 4 nitrogen and oxygen atoms in total. The van der Waals surface area contributed by atoms with Crippen LogP contribution in [0.3, 0.4) is 0 Å².